The van der Waals surface area contributed by atoms with Crippen molar-refractivity contribution in [2.45, 2.75) is 26.8 Å². The molecule has 2 aromatic heterocycles. The van der Waals surface area contributed by atoms with E-state index in [1.165, 1.54) is 4.57 Å². The van der Waals surface area contributed by atoms with Gasteiger partial charge < -0.3 is 19.8 Å². The summed E-state index contributed by atoms with van der Waals surface area (Å²) in [6.45, 7) is 8.16. The fraction of sp³-hybridized carbons (Fsp3) is 0.192. The number of benzene rings is 2. The second-order valence-corrected chi connectivity index (χ2v) is 8.66. The van der Waals surface area contributed by atoms with Crippen LogP contribution in [-0.4, -0.2) is 25.7 Å². The summed E-state index contributed by atoms with van der Waals surface area (Å²) in [5, 5.41) is 22.1. The predicted octanol–water partition coefficient (Wildman–Crippen LogP) is 3.21. The molecule has 0 spiro atoms. The zero-order chi connectivity index (χ0) is 25.3. The summed E-state index contributed by atoms with van der Waals surface area (Å²) in [5.74, 6) is -1.33. The van der Waals surface area contributed by atoms with Gasteiger partial charge in [-0.2, -0.15) is 0 Å². The Morgan fingerprint density at radius 2 is 1.60 bits per heavy atom. The molecule has 4 rings (SSSR count). The van der Waals surface area contributed by atoms with Crippen molar-refractivity contribution in [1.82, 2.24) is 20.4 Å². The molecule has 0 saturated carbocycles. The number of nitrogens with one attached hydrogen (secondary N) is 3. The van der Waals surface area contributed by atoms with Crippen LogP contribution in [0.1, 0.15) is 36.2 Å². The summed E-state index contributed by atoms with van der Waals surface area (Å²) >= 11 is 0. The number of hydrazine groups is 1. The fourth-order valence-corrected chi connectivity index (χ4v) is 3.97. The van der Waals surface area contributed by atoms with Gasteiger partial charge in [-0.05, 0) is 36.6 Å². The van der Waals surface area contributed by atoms with Crippen molar-refractivity contribution in [3.05, 3.63) is 86.9 Å². The molecule has 2 heterocycles. The third-order valence-corrected chi connectivity index (χ3v) is 5.83. The molecule has 0 aliphatic carbocycles. The molecule has 2 aromatic carbocycles. The molecule has 0 aliphatic heterocycles. The molecule has 180 valence electrons. The Morgan fingerprint density at radius 3 is 2.31 bits per heavy atom. The Hall–Kier alpha value is -4.53. The van der Waals surface area contributed by atoms with E-state index in [0.29, 0.717) is 40.7 Å². The lowest BCUT2D eigenvalue weighted by Gasteiger charge is -2.17. The first kappa shape index (κ1) is 23.6. The first-order valence-corrected chi connectivity index (χ1v) is 11.1. The fourth-order valence-electron chi connectivity index (χ4n) is 3.97. The van der Waals surface area contributed by atoms with Crippen LogP contribution in [0.15, 0.2) is 64.7 Å². The van der Waals surface area contributed by atoms with Gasteiger partial charge in [0.15, 0.2) is 0 Å². The third kappa shape index (κ3) is 4.35. The number of pyridine rings is 2. The second-order valence-electron chi connectivity index (χ2n) is 8.66. The van der Waals surface area contributed by atoms with Gasteiger partial charge in [-0.15, -0.1) is 0 Å². The minimum atomic E-state index is -0.908. The Kier molecular flexibility index (Phi) is 6.33. The van der Waals surface area contributed by atoms with E-state index in [-0.39, 0.29) is 17.0 Å². The number of nitrogens with zero attached hydrogens (tertiary/aromatic N) is 1. The summed E-state index contributed by atoms with van der Waals surface area (Å²) in [6, 6.07) is 13.5. The number of aromatic nitrogens is 2. The highest BCUT2D eigenvalue weighted by Gasteiger charge is 2.23. The summed E-state index contributed by atoms with van der Waals surface area (Å²) in [7, 11) is 0. The molecular formula is C26H26N4O5. The molecule has 0 fully saturated rings. The molecule has 0 aliphatic rings. The van der Waals surface area contributed by atoms with E-state index in [1.807, 2.05) is 13.8 Å². The van der Waals surface area contributed by atoms with Crippen molar-refractivity contribution in [3.8, 4) is 11.5 Å². The van der Waals surface area contributed by atoms with Crippen LogP contribution in [0, 0.1) is 5.92 Å². The SMILES string of the molecule is C=C(NNC(=O)c1c(O)c2ccccc2n(CCC(C)C)c1=O)c1c(O)c2ccccc2[nH]c1=O. The van der Waals surface area contributed by atoms with Gasteiger partial charge in [0, 0.05) is 17.3 Å². The molecule has 0 unspecified atom stereocenters. The highest BCUT2D eigenvalue weighted by atomic mass is 16.3. The van der Waals surface area contributed by atoms with Gasteiger partial charge in [0.2, 0.25) is 0 Å². The Balaban J connectivity index is 1.67. The van der Waals surface area contributed by atoms with E-state index in [4.69, 9.17) is 0 Å². The van der Waals surface area contributed by atoms with Gasteiger partial charge >= 0.3 is 0 Å². The molecule has 0 saturated heterocycles. The van der Waals surface area contributed by atoms with Crippen LogP contribution in [0.25, 0.3) is 27.5 Å². The van der Waals surface area contributed by atoms with Crippen LogP contribution >= 0.6 is 0 Å². The zero-order valence-electron chi connectivity index (χ0n) is 19.4. The summed E-state index contributed by atoms with van der Waals surface area (Å²) in [5.41, 5.74) is 3.81. The summed E-state index contributed by atoms with van der Waals surface area (Å²) in [4.78, 5) is 41.4. The molecule has 9 nitrogen and oxygen atoms in total. The van der Waals surface area contributed by atoms with Crippen molar-refractivity contribution >= 4 is 33.4 Å². The average Bonchev–Trinajstić information content (AvgIpc) is 2.82. The molecular weight excluding hydrogens is 448 g/mol. The van der Waals surface area contributed by atoms with Crippen molar-refractivity contribution in [3.63, 3.8) is 0 Å². The lowest BCUT2D eigenvalue weighted by molar-refractivity contribution is 0.0937. The van der Waals surface area contributed by atoms with Crippen LogP contribution in [0.4, 0.5) is 0 Å². The van der Waals surface area contributed by atoms with E-state index < -0.39 is 28.3 Å². The number of hydrogen-bond donors (Lipinski definition) is 5. The van der Waals surface area contributed by atoms with E-state index in [1.54, 1.807) is 48.5 Å². The predicted molar refractivity (Wildman–Crippen MR) is 135 cm³/mol. The molecule has 0 bridgehead atoms. The van der Waals surface area contributed by atoms with Crippen molar-refractivity contribution < 1.29 is 15.0 Å². The van der Waals surface area contributed by atoms with Gasteiger partial charge in [0.25, 0.3) is 17.0 Å². The first-order chi connectivity index (χ1) is 16.7. The second kappa shape index (κ2) is 9.38. The Labute approximate surface area is 200 Å². The lowest BCUT2D eigenvalue weighted by Crippen LogP contribution is -2.40. The quantitative estimate of drug-likeness (QED) is 0.261. The van der Waals surface area contributed by atoms with E-state index in [0.717, 1.165) is 0 Å². The normalized spacial score (nSPS) is 11.2. The van der Waals surface area contributed by atoms with Gasteiger partial charge in [0.1, 0.15) is 22.6 Å². The third-order valence-electron chi connectivity index (χ3n) is 5.83. The number of rotatable bonds is 7. The number of carbonyl (C=O) groups is 1. The monoisotopic (exact) mass is 474 g/mol. The van der Waals surface area contributed by atoms with Crippen molar-refractivity contribution in [2.75, 3.05) is 0 Å². The van der Waals surface area contributed by atoms with E-state index in [2.05, 4.69) is 22.4 Å². The minimum absolute atomic E-state index is 0.0942. The molecule has 4 aromatic rings. The van der Waals surface area contributed by atoms with Gasteiger partial charge in [-0.1, -0.05) is 44.7 Å². The van der Waals surface area contributed by atoms with Gasteiger partial charge in [-0.25, -0.2) is 0 Å². The number of H-pyrrole nitrogens is 1. The largest absolute Gasteiger partial charge is 0.506 e. The number of fused-ring (bicyclic) bond motifs is 2. The van der Waals surface area contributed by atoms with E-state index >= 15 is 0 Å². The molecule has 5 N–H and O–H groups in total. The van der Waals surface area contributed by atoms with Crippen LogP contribution in [0.5, 0.6) is 11.5 Å². The first-order valence-electron chi connectivity index (χ1n) is 11.1. The number of aromatic hydroxyl groups is 2. The van der Waals surface area contributed by atoms with Crippen LogP contribution in [0.3, 0.4) is 0 Å². The maximum Gasteiger partial charge on any atom is 0.279 e. The highest BCUT2D eigenvalue weighted by Crippen LogP contribution is 2.28. The number of para-hydroxylation sites is 2. The number of hydrogen-bond acceptors (Lipinski definition) is 6. The average molecular weight is 475 g/mol. The summed E-state index contributed by atoms with van der Waals surface area (Å²) in [6.07, 6.45) is 0.703. The zero-order valence-corrected chi connectivity index (χ0v) is 19.4. The highest BCUT2D eigenvalue weighted by molar-refractivity contribution is 6.02. The summed E-state index contributed by atoms with van der Waals surface area (Å²) < 4.78 is 1.47. The van der Waals surface area contributed by atoms with Gasteiger partial charge in [0.05, 0.1) is 16.7 Å². The molecule has 0 radical (unpaired) electrons. The number of aryl methyl sites for hydroxylation is 1. The lowest BCUT2D eigenvalue weighted by atomic mass is 10.1. The maximum atomic E-state index is 13.2. The molecule has 0 atom stereocenters. The number of carbonyl (C=O) groups excluding carboxylic acids is 1. The smallest absolute Gasteiger partial charge is 0.279 e. The standard InChI is InChI=1S/C26H26N4O5/c1-14(2)12-13-30-19-11-7-5-9-17(19)23(32)21(26(30)35)25(34)29-28-15(3)20-22(31)16-8-4-6-10-18(16)27-24(20)33/h4-11,14,28,32H,3,12-13H2,1-2H3,(H,29,34)(H2,27,31,33). The number of amides is 1. The topological polar surface area (TPSA) is 136 Å². The van der Waals surface area contributed by atoms with Crippen LogP contribution in [-0.2, 0) is 6.54 Å². The molecule has 1 amide bonds. The van der Waals surface area contributed by atoms with Crippen molar-refractivity contribution in [1.29, 1.82) is 0 Å². The minimum Gasteiger partial charge on any atom is -0.506 e. The van der Waals surface area contributed by atoms with Gasteiger partial charge in [-0.3, -0.25) is 25.2 Å². The van der Waals surface area contributed by atoms with Crippen LogP contribution in [0.2, 0.25) is 0 Å². The van der Waals surface area contributed by atoms with Crippen LogP contribution < -0.4 is 22.0 Å². The number of aromatic amines is 1. The van der Waals surface area contributed by atoms with E-state index in [9.17, 15) is 24.6 Å². The Bertz CT molecular complexity index is 1580. The maximum absolute atomic E-state index is 13.2. The molecule has 9 heteroatoms. The Morgan fingerprint density at radius 1 is 0.971 bits per heavy atom. The van der Waals surface area contributed by atoms with Crippen molar-refractivity contribution in [2.24, 2.45) is 5.92 Å². The molecule has 35 heavy (non-hydrogen) atoms.